The molecule has 1 aliphatic heterocycles. The summed E-state index contributed by atoms with van der Waals surface area (Å²) in [5.74, 6) is -0.786. The number of benzene rings is 1. The molecule has 0 spiro atoms. The van der Waals surface area contributed by atoms with Gasteiger partial charge in [-0.3, -0.25) is 4.79 Å². The number of hydrogen-bond donors (Lipinski definition) is 1. The molecule has 0 bridgehead atoms. The number of carboxylic acids is 1. The van der Waals surface area contributed by atoms with Gasteiger partial charge >= 0.3 is 5.97 Å². The van der Waals surface area contributed by atoms with Crippen LogP contribution in [0.2, 0.25) is 0 Å². The van der Waals surface area contributed by atoms with Gasteiger partial charge in [-0.25, -0.2) is 0 Å². The smallest absolute Gasteiger partial charge is 0.307 e. The average Bonchev–Trinajstić information content (AvgIpc) is 2.76. The molecule has 1 aromatic carbocycles. The van der Waals surface area contributed by atoms with Crippen molar-refractivity contribution in [3.05, 3.63) is 48.4 Å². The van der Waals surface area contributed by atoms with E-state index in [0.29, 0.717) is 6.79 Å². The number of hydrogen-bond acceptors (Lipinski definition) is 3. The van der Waals surface area contributed by atoms with Crippen LogP contribution in [0.15, 0.2) is 42.9 Å². The quantitative estimate of drug-likeness (QED) is 0.804. The average molecular weight is 208 g/mol. The van der Waals surface area contributed by atoms with E-state index in [4.69, 9.17) is 5.11 Å². The van der Waals surface area contributed by atoms with Crippen LogP contribution < -0.4 is 0 Å². The second-order valence-corrected chi connectivity index (χ2v) is 2.78. The van der Waals surface area contributed by atoms with Crippen LogP contribution in [0, 0.1) is 0 Å². The van der Waals surface area contributed by atoms with Crippen LogP contribution in [0.4, 0.5) is 0 Å². The number of rotatable bonds is 2. The van der Waals surface area contributed by atoms with Crippen LogP contribution in [0.5, 0.6) is 0 Å². The number of ether oxygens (including phenoxy) is 2. The molecule has 4 heteroatoms. The van der Waals surface area contributed by atoms with Gasteiger partial charge in [-0.15, -0.1) is 0 Å². The molecule has 15 heavy (non-hydrogen) atoms. The molecule has 0 saturated heterocycles. The van der Waals surface area contributed by atoms with Crippen molar-refractivity contribution in [1.82, 2.24) is 0 Å². The van der Waals surface area contributed by atoms with Gasteiger partial charge in [-0.05, 0) is 5.56 Å². The van der Waals surface area contributed by atoms with Gasteiger partial charge in [0.05, 0.1) is 6.42 Å². The van der Waals surface area contributed by atoms with E-state index in [2.05, 4.69) is 9.47 Å². The fourth-order valence-electron chi connectivity index (χ4n) is 0.967. The van der Waals surface area contributed by atoms with Crippen LogP contribution in [-0.2, 0) is 20.7 Å². The van der Waals surface area contributed by atoms with E-state index in [-0.39, 0.29) is 6.42 Å². The minimum absolute atomic E-state index is 0.112. The maximum absolute atomic E-state index is 10.2. The third-order valence-corrected chi connectivity index (χ3v) is 1.58. The van der Waals surface area contributed by atoms with Crippen molar-refractivity contribution in [2.24, 2.45) is 0 Å². The van der Waals surface area contributed by atoms with E-state index in [9.17, 15) is 4.79 Å². The largest absolute Gasteiger partial charge is 0.481 e. The predicted molar refractivity (Wildman–Crippen MR) is 54.0 cm³/mol. The summed E-state index contributed by atoms with van der Waals surface area (Å²) in [7, 11) is 0. The molecule has 0 saturated carbocycles. The van der Waals surface area contributed by atoms with Gasteiger partial charge in [0.2, 0.25) is 6.79 Å². The Hall–Kier alpha value is -1.97. The van der Waals surface area contributed by atoms with Gasteiger partial charge in [0, 0.05) is 0 Å². The Morgan fingerprint density at radius 3 is 2.20 bits per heavy atom. The second kappa shape index (κ2) is 6.48. The molecule has 0 atom stereocenters. The molecule has 0 aliphatic carbocycles. The topological polar surface area (TPSA) is 55.8 Å². The number of aliphatic carboxylic acids is 1. The lowest BCUT2D eigenvalue weighted by atomic mass is 10.2. The molecule has 80 valence electrons. The van der Waals surface area contributed by atoms with E-state index in [0.717, 1.165) is 5.56 Å². The minimum atomic E-state index is -0.786. The van der Waals surface area contributed by atoms with E-state index >= 15 is 0 Å². The van der Waals surface area contributed by atoms with Gasteiger partial charge in [-0.2, -0.15) is 0 Å². The van der Waals surface area contributed by atoms with Gasteiger partial charge in [0.1, 0.15) is 12.5 Å². The Bertz CT molecular complexity index is 313. The zero-order valence-electron chi connectivity index (χ0n) is 8.13. The highest BCUT2D eigenvalue weighted by molar-refractivity contribution is 5.70. The van der Waals surface area contributed by atoms with E-state index < -0.39 is 5.97 Å². The molecular formula is C11H12O4. The molecule has 1 heterocycles. The number of carboxylic acid groups (broad SMARTS) is 1. The van der Waals surface area contributed by atoms with Crippen molar-refractivity contribution in [2.75, 3.05) is 6.79 Å². The third kappa shape index (κ3) is 5.36. The normalized spacial score (nSPS) is 12.0. The molecule has 1 aromatic rings. The lowest BCUT2D eigenvalue weighted by Gasteiger charge is -1.92. The van der Waals surface area contributed by atoms with Gasteiger partial charge < -0.3 is 14.6 Å². The Labute approximate surface area is 87.7 Å². The fourth-order valence-corrected chi connectivity index (χ4v) is 0.967. The van der Waals surface area contributed by atoms with Crippen molar-refractivity contribution < 1.29 is 19.4 Å². The molecular weight excluding hydrogens is 196 g/mol. The predicted octanol–water partition coefficient (Wildman–Crippen LogP) is 1.78. The first kappa shape index (κ1) is 11.1. The fraction of sp³-hybridized carbons (Fsp3) is 0.182. The van der Waals surface area contributed by atoms with Crippen molar-refractivity contribution in [3.8, 4) is 0 Å². The first-order valence-electron chi connectivity index (χ1n) is 4.43. The van der Waals surface area contributed by atoms with Crippen LogP contribution in [0.1, 0.15) is 5.56 Å². The molecule has 4 nitrogen and oxygen atoms in total. The minimum Gasteiger partial charge on any atom is -0.481 e. The summed E-state index contributed by atoms with van der Waals surface area (Å²) < 4.78 is 9.08. The Morgan fingerprint density at radius 2 is 1.80 bits per heavy atom. The van der Waals surface area contributed by atoms with E-state index in [1.165, 1.54) is 12.5 Å². The Balaban J connectivity index is 0.000000187. The summed E-state index contributed by atoms with van der Waals surface area (Å²) in [5.41, 5.74) is 0.843. The first-order valence-corrected chi connectivity index (χ1v) is 4.43. The zero-order valence-corrected chi connectivity index (χ0v) is 8.13. The standard InChI is InChI=1S/C8H8O2.C3H4O2/c9-8(10)6-7-4-2-1-3-5-7;1-2-5-3-4-1/h1-5H,6H2,(H,9,10);1-2H,3H2. The monoisotopic (exact) mass is 208 g/mol. The zero-order chi connectivity index (χ0) is 10.9. The van der Waals surface area contributed by atoms with Crippen molar-refractivity contribution in [1.29, 1.82) is 0 Å². The summed E-state index contributed by atoms with van der Waals surface area (Å²) in [6, 6.07) is 9.13. The van der Waals surface area contributed by atoms with Crippen molar-refractivity contribution in [3.63, 3.8) is 0 Å². The van der Waals surface area contributed by atoms with Crippen molar-refractivity contribution in [2.45, 2.75) is 6.42 Å². The number of carbonyl (C=O) groups is 1. The molecule has 0 fully saturated rings. The van der Waals surface area contributed by atoms with Gasteiger partial charge in [0.25, 0.3) is 0 Å². The highest BCUT2D eigenvalue weighted by Gasteiger charge is 1.96. The first-order chi connectivity index (χ1) is 7.29. The summed E-state index contributed by atoms with van der Waals surface area (Å²) in [4.78, 5) is 10.2. The molecule has 0 radical (unpaired) electrons. The third-order valence-electron chi connectivity index (χ3n) is 1.58. The summed E-state index contributed by atoms with van der Waals surface area (Å²) >= 11 is 0. The van der Waals surface area contributed by atoms with Crippen LogP contribution >= 0.6 is 0 Å². The summed E-state index contributed by atoms with van der Waals surface area (Å²) in [6.45, 7) is 0.389. The molecule has 0 unspecified atom stereocenters. The summed E-state index contributed by atoms with van der Waals surface area (Å²) in [6.07, 6.45) is 3.14. The van der Waals surface area contributed by atoms with Crippen molar-refractivity contribution >= 4 is 5.97 Å². The lowest BCUT2D eigenvalue weighted by Crippen LogP contribution is -1.98. The van der Waals surface area contributed by atoms with E-state index in [1.807, 2.05) is 18.2 Å². The SMILES string of the molecule is C1=COCO1.O=C(O)Cc1ccccc1. The van der Waals surface area contributed by atoms with E-state index in [1.54, 1.807) is 12.1 Å². The van der Waals surface area contributed by atoms with Crippen LogP contribution in [0.25, 0.3) is 0 Å². The highest BCUT2D eigenvalue weighted by atomic mass is 16.7. The maximum atomic E-state index is 10.2. The highest BCUT2D eigenvalue weighted by Crippen LogP contribution is 1.98. The second-order valence-electron chi connectivity index (χ2n) is 2.78. The molecule has 0 aromatic heterocycles. The molecule has 2 rings (SSSR count). The van der Waals surface area contributed by atoms with Crippen LogP contribution in [-0.4, -0.2) is 17.9 Å². The summed E-state index contributed by atoms with van der Waals surface area (Å²) in [5, 5.41) is 8.37. The molecule has 1 N–H and O–H groups in total. The van der Waals surface area contributed by atoms with Gasteiger partial charge in [-0.1, -0.05) is 30.3 Å². The Kier molecular flexibility index (Phi) is 4.80. The Morgan fingerprint density at radius 1 is 1.20 bits per heavy atom. The van der Waals surface area contributed by atoms with Crippen LogP contribution in [0.3, 0.4) is 0 Å². The lowest BCUT2D eigenvalue weighted by molar-refractivity contribution is -0.136. The molecule has 0 amide bonds. The van der Waals surface area contributed by atoms with Gasteiger partial charge in [0.15, 0.2) is 0 Å². The maximum Gasteiger partial charge on any atom is 0.307 e. The molecule has 1 aliphatic rings.